The first-order valence-electron chi connectivity index (χ1n) is 9.85. The van der Waals surface area contributed by atoms with Crippen LogP contribution in [0.25, 0.3) is 0 Å². The highest BCUT2D eigenvalue weighted by molar-refractivity contribution is 5.89. The maximum atomic E-state index is 13.7. The minimum Gasteiger partial charge on any atom is -0.393 e. The number of amides is 1. The van der Waals surface area contributed by atoms with Gasteiger partial charge in [-0.15, -0.1) is 0 Å². The molecule has 3 fully saturated rings. The number of carbonyl (C=O) groups is 1. The van der Waals surface area contributed by atoms with Gasteiger partial charge in [-0.05, 0) is 37.7 Å². The van der Waals surface area contributed by atoms with Crippen molar-refractivity contribution in [3.05, 3.63) is 35.9 Å². The minimum atomic E-state index is -0.357. The Labute approximate surface area is 150 Å². The quantitative estimate of drug-likeness (QED) is 0.918. The van der Waals surface area contributed by atoms with Gasteiger partial charge in [-0.25, -0.2) is 0 Å². The van der Waals surface area contributed by atoms with Crippen LogP contribution < -0.4 is 0 Å². The summed E-state index contributed by atoms with van der Waals surface area (Å²) in [6, 6.07) is 10.5. The molecule has 2 aliphatic heterocycles. The first-order chi connectivity index (χ1) is 12.2. The van der Waals surface area contributed by atoms with E-state index in [0.29, 0.717) is 19.6 Å². The topological polar surface area (TPSA) is 49.8 Å². The van der Waals surface area contributed by atoms with Crippen LogP contribution in [0.15, 0.2) is 30.3 Å². The smallest absolute Gasteiger partial charge is 0.233 e. The average molecular weight is 343 g/mol. The normalized spacial score (nSPS) is 32.0. The van der Waals surface area contributed by atoms with Crippen molar-refractivity contribution < 1.29 is 14.6 Å². The average Bonchev–Trinajstić information content (AvgIpc) is 3.33. The summed E-state index contributed by atoms with van der Waals surface area (Å²) in [6.07, 6.45) is 6.50. The monoisotopic (exact) mass is 343 g/mol. The van der Waals surface area contributed by atoms with E-state index in [0.717, 1.165) is 45.1 Å². The van der Waals surface area contributed by atoms with Crippen LogP contribution in [-0.2, 0) is 14.9 Å². The molecular weight excluding hydrogens is 314 g/mol. The van der Waals surface area contributed by atoms with Crippen LogP contribution in [0.3, 0.4) is 0 Å². The molecule has 0 spiro atoms. The van der Waals surface area contributed by atoms with Crippen LogP contribution in [0.4, 0.5) is 0 Å². The second-order valence-electron chi connectivity index (χ2n) is 7.96. The van der Waals surface area contributed by atoms with Gasteiger partial charge in [0, 0.05) is 25.1 Å². The van der Waals surface area contributed by atoms with Gasteiger partial charge in [0.15, 0.2) is 0 Å². The van der Waals surface area contributed by atoms with Crippen LogP contribution in [0.5, 0.6) is 0 Å². The largest absolute Gasteiger partial charge is 0.393 e. The summed E-state index contributed by atoms with van der Waals surface area (Å²) in [5.74, 6) is 0.353. The van der Waals surface area contributed by atoms with Crippen molar-refractivity contribution in [1.82, 2.24) is 4.90 Å². The second-order valence-corrected chi connectivity index (χ2v) is 7.96. The molecule has 136 valence electrons. The van der Waals surface area contributed by atoms with E-state index < -0.39 is 0 Å². The van der Waals surface area contributed by atoms with Crippen molar-refractivity contribution in [3.63, 3.8) is 0 Å². The Bertz CT molecular complexity index is 596. The lowest BCUT2D eigenvalue weighted by molar-refractivity contribution is -0.142. The molecule has 0 unspecified atom stereocenters. The van der Waals surface area contributed by atoms with Crippen LogP contribution in [0.2, 0.25) is 0 Å². The third kappa shape index (κ3) is 3.00. The summed E-state index contributed by atoms with van der Waals surface area (Å²) < 4.78 is 5.63. The van der Waals surface area contributed by atoms with Gasteiger partial charge >= 0.3 is 0 Å². The lowest BCUT2D eigenvalue weighted by atomic mass is 9.77. The molecule has 4 rings (SSSR count). The first kappa shape index (κ1) is 17.0. The number of aliphatic hydroxyl groups is 1. The predicted molar refractivity (Wildman–Crippen MR) is 96.3 cm³/mol. The van der Waals surface area contributed by atoms with Gasteiger partial charge in [-0.3, -0.25) is 4.79 Å². The molecule has 1 aliphatic carbocycles. The number of hydrogen-bond acceptors (Lipinski definition) is 3. The number of rotatable bonds is 3. The van der Waals surface area contributed by atoms with Gasteiger partial charge in [0.25, 0.3) is 0 Å². The third-order valence-electron chi connectivity index (χ3n) is 6.61. The van der Waals surface area contributed by atoms with Crippen LogP contribution in [0.1, 0.15) is 50.5 Å². The fraction of sp³-hybridized carbons (Fsp3) is 0.667. The summed E-state index contributed by atoms with van der Waals surface area (Å²) in [4.78, 5) is 15.8. The van der Waals surface area contributed by atoms with E-state index in [4.69, 9.17) is 4.74 Å². The maximum absolute atomic E-state index is 13.7. The SMILES string of the molecule is O=C(N1CCC[C@@H]1[C@@H]1COCC[C@H]1O)C1(c2ccccc2)CCCC1. The Morgan fingerprint density at radius 1 is 1.12 bits per heavy atom. The van der Waals surface area contributed by atoms with E-state index in [1.165, 1.54) is 5.56 Å². The fourth-order valence-corrected chi connectivity index (χ4v) is 5.24. The molecule has 4 heteroatoms. The molecule has 0 aromatic heterocycles. The molecule has 2 saturated heterocycles. The van der Waals surface area contributed by atoms with Gasteiger partial charge in [0.1, 0.15) is 0 Å². The molecule has 1 saturated carbocycles. The summed E-state index contributed by atoms with van der Waals surface area (Å²) in [5.41, 5.74) is 0.813. The van der Waals surface area contributed by atoms with Crippen molar-refractivity contribution in [3.8, 4) is 0 Å². The van der Waals surface area contributed by atoms with Gasteiger partial charge in [0.05, 0.1) is 18.1 Å². The number of likely N-dealkylation sites (tertiary alicyclic amines) is 1. The molecule has 0 radical (unpaired) electrons. The summed E-state index contributed by atoms with van der Waals surface area (Å²) >= 11 is 0. The third-order valence-corrected chi connectivity index (χ3v) is 6.61. The summed E-state index contributed by atoms with van der Waals surface area (Å²) in [7, 11) is 0. The number of benzene rings is 1. The molecule has 3 aliphatic rings. The summed E-state index contributed by atoms with van der Waals surface area (Å²) in [6.45, 7) is 2.03. The molecule has 1 amide bonds. The number of carbonyl (C=O) groups excluding carboxylic acids is 1. The summed E-state index contributed by atoms with van der Waals surface area (Å²) in [5, 5.41) is 10.5. The first-order valence-corrected chi connectivity index (χ1v) is 9.85. The molecule has 3 atom stereocenters. The Balaban J connectivity index is 1.61. The Kier molecular flexibility index (Phi) is 4.83. The van der Waals surface area contributed by atoms with E-state index in [1.54, 1.807) is 0 Å². The fourth-order valence-electron chi connectivity index (χ4n) is 5.24. The van der Waals surface area contributed by atoms with E-state index in [2.05, 4.69) is 17.0 Å². The highest BCUT2D eigenvalue weighted by Crippen LogP contribution is 2.44. The van der Waals surface area contributed by atoms with Crippen molar-refractivity contribution in [1.29, 1.82) is 0 Å². The molecule has 2 heterocycles. The van der Waals surface area contributed by atoms with Crippen LogP contribution >= 0.6 is 0 Å². The minimum absolute atomic E-state index is 0.0643. The molecule has 0 bridgehead atoms. The molecular formula is C21H29NO3. The lowest BCUT2D eigenvalue weighted by Gasteiger charge is -2.41. The second kappa shape index (κ2) is 7.08. The van der Waals surface area contributed by atoms with E-state index in [9.17, 15) is 9.90 Å². The number of ether oxygens (including phenoxy) is 1. The molecule has 1 aromatic carbocycles. The van der Waals surface area contributed by atoms with Gasteiger partial charge < -0.3 is 14.7 Å². The zero-order chi connectivity index (χ0) is 17.3. The maximum Gasteiger partial charge on any atom is 0.233 e. The number of aliphatic hydroxyl groups excluding tert-OH is 1. The zero-order valence-corrected chi connectivity index (χ0v) is 14.9. The van der Waals surface area contributed by atoms with Crippen LogP contribution in [0, 0.1) is 5.92 Å². The zero-order valence-electron chi connectivity index (χ0n) is 14.9. The standard InChI is InChI=1S/C21H29NO3/c23-19-10-14-25-15-17(19)18-9-6-13-22(18)20(24)21(11-4-5-12-21)16-7-2-1-3-8-16/h1-3,7-8,17-19,23H,4-6,9-15H2/t17-,18+,19+/m0/s1. The van der Waals surface area contributed by atoms with Crippen molar-refractivity contribution in [2.45, 2.75) is 62.5 Å². The molecule has 4 nitrogen and oxygen atoms in total. The Morgan fingerprint density at radius 3 is 2.60 bits per heavy atom. The van der Waals surface area contributed by atoms with Crippen molar-refractivity contribution in [2.24, 2.45) is 5.92 Å². The van der Waals surface area contributed by atoms with E-state index in [1.807, 2.05) is 18.2 Å². The lowest BCUT2D eigenvalue weighted by Crippen LogP contribution is -2.53. The highest BCUT2D eigenvalue weighted by Gasteiger charge is 2.49. The van der Waals surface area contributed by atoms with Gasteiger partial charge in [-0.1, -0.05) is 43.2 Å². The highest BCUT2D eigenvalue weighted by atomic mass is 16.5. The Hall–Kier alpha value is -1.39. The number of nitrogens with zero attached hydrogens (tertiary/aromatic N) is 1. The molecule has 1 aromatic rings. The molecule has 25 heavy (non-hydrogen) atoms. The van der Waals surface area contributed by atoms with Crippen molar-refractivity contribution in [2.75, 3.05) is 19.8 Å². The predicted octanol–water partition coefficient (Wildman–Crippen LogP) is 2.89. The van der Waals surface area contributed by atoms with Gasteiger partial charge in [-0.2, -0.15) is 0 Å². The molecule has 1 N–H and O–H groups in total. The Morgan fingerprint density at radius 2 is 1.88 bits per heavy atom. The van der Waals surface area contributed by atoms with Crippen LogP contribution in [-0.4, -0.2) is 47.8 Å². The number of hydrogen-bond donors (Lipinski definition) is 1. The van der Waals surface area contributed by atoms with Gasteiger partial charge in [0.2, 0.25) is 5.91 Å². The van der Waals surface area contributed by atoms with E-state index >= 15 is 0 Å². The van der Waals surface area contributed by atoms with E-state index in [-0.39, 0.29) is 29.4 Å². The van der Waals surface area contributed by atoms with Crippen molar-refractivity contribution >= 4 is 5.91 Å².